The molecule has 0 amide bonds. The van der Waals surface area contributed by atoms with E-state index in [-0.39, 0.29) is 3.23 Å². The third-order valence-corrected chi connectivity index (χ3v) is 4.73. The van der Waals surface area contributed by atoms with Crippen LogP contribution in [0.5, 0.6) is 0 Å². The highest BCUT2D eigenvalue weighted by Crippen LogP contribution is 2.55. The Kier molecular flexibility index (Phi) is 2.72. The summed E-state index contributed by atoms with van der Waals surface area (Å²) in [4.78, 5) is 0. The first-order chi connectivity index (χ1) is 8.19. The Balaban J connectivity index is 2.17. The molecule has 0 N–H and O–H groups in total. The van der Waals surface area contributed by atoms with Gasteiger partial charge in [-0.15, -0.1) is 0 Å². The standard InChI is InChI=1S/C15H10Br2/c16-15(17)13-9-5-4-8-12(13)10-14(15)11-6-2-1-3-7-11/h1-10H. The normalized spacial score (nSPS) is 16.5. The van der Waals surface area contributed by atoms with Crippen molar-refractivity contribution in [2.75, 3.05) is 0 Å². The number of halogens is 2. The van der Waals surface area contributed by atoms with Gasteiger partial charge in [0.1, 0.15) is 3.23 Å². The number of alkyl halides is 2. The predicted molar refractivity (Wildman–Crippen MR) is 80.3 cm³/mol. The molecule has 0 bridgehead atoms. The molecule has 0 atom stereocenters. The van der Waals surface area contributed by atoms with Crippen LogP contribution >= 0.6 is 31.9 Å². The van der Waals surface area contributed by atoms with E-state index in [0.717, 1.165) is 0 Å². The zero-order valence-corrected chi connectivity index (χ0v) is 12.2. The largest absolute Gasteiger partial charge is 0.131 e. The highest BCUT2D eigenvalue weighted by molar-refractivity contribution is 9.25. The van der Waals surface area contributed by atoms with Crippen LogP contribution in [0.4, 0.5) is 0 Å². The second-order valence-corrected chi connectivity index (χ2v) is 7.53. The van der Waals surface area contributed by atoms with Gasteiger partial charge in [0.2, 0.25) is 0 Å². The van der Waals surface area contributed by atoms with Crippen molar-refractivity contribution in [2.24, 2.45) is 0 Å². The fraction of sp³-hybridized carbons (Fsp3) is 0.0667. The summed E-state index contributed by atoms with van der Waals surface area (Å²) in [6.07, 6.45) is 2.23. The van der Waals surface area contributed by atoms with Crippen LogP contribution in [0, 0.1) is 0 Å². The maximum absolute atomic E-state index is 3.79. The Hall–Kier alpha value is -0.860. The minimum atomic E-state index is -0.266. The van der Waals surface area contributed by atoms with Gasteiger partial charge in [-0.1, -0.05) is 86.5 Å². The molecule has 2 aromatic carbocycles. The number of hydrogen-bond acceptors (Lipinski definition) is 0. The quantitative estimate of drug-likeness (QED) is 0.622. The topological polar surface area (TPSA) is 0 Å². The van der Waals surface area contributed by atoms with Crippen molar-refractivity contribution in [1.82, 2.24) is 0 Å². The summed E-state index contributed by atoms with van der Waals surface area (Å²) in [7, 11) is 0. The molecule has 0 aliphatic heterocycles. The van der Waals surface area contributed by atoms with Crippen LogP contribution in [0.15, 0.2) is 54.6 Å². The first kappa shape index (κ1) is 11.2. The van der Waals surface area contributed by atoms with E-state index >= 15 is 0 Å². The number of fused-ring (bicyclic) bond motifs is 1. The number of allylic oxidation sites excluding steroid dienone is 1. The van der Waals surface area contributed by atoms with Gasteiger partial charge in [-0.2, -0.15) is 0 Å². The fourth-order valence-electron chi connectivity index (χ4n) is 2.18. The Labute approximate surface area is 118 Å². The number of rotatable bonds is 1. The summed E-state index contributed by atoms with van der Waals surface area (Å²) < 4.78 is -0.266. The Morgan fingerprint density at radius 1 is 0.765 bits per heavy atom. The monoisotopic (exact) mass is 348 g/mol. The number of hydrogen-bond donors (Lipinski definition) is 0. The molecule has 0 radical (unpaired) electrons. The second-order valence-electron chi connectivity index (χ2n) is 4.09. The van der Waals surface area contributed by atoms with Gasteiger partial charge >= 0.3 is 0 Å². The van der Waals surface area contributed by atoms with E-state index in [1.54, 1.807) is 0 Å². The third kappa shape index (κ3) is 1.80. The molecule has 0 aromatic heterocycles. The van der Waals surface area contributed by atoms with Crippen molar-refractivity contribution < 1.29 is 0 Å². The van der Waals surface area contributed by atoms with E-state index < -0.39 is 0 Å². The summed E-state index contributed by atoms with van der Waals surface area (Å²) in [6.45, 7) is 0. The number of benzene rings is 2. The minimum Gasteiger partial charge on any atom is -0.0622 e. The van der Waals surface area contributed by atoms with Gasteiger partial charge in [0.25, 0.3) is 0 Å². The molecule has 17 heavy (non-hydrogen) atoms. The van der Waals surface area contributed by atoms with Crippen molar-refractivity contribution in [3.05, 3.63) is 71.3 Å². The first-order valence-corrected chi connectivity index (χ1v) is 7.03. The summed E-state index contributed by atoms with van der Waals surface area (Å²) in [6, 6.07) is 18.9. The predicted octanol–water partition coefficient (Wildman–Crippen LogP) is 5.18. The molecule has 0 saturated carbocycles. The minimum absolute atomic E-state index is 0.266. The van der Waals surface area contributed by atoms with Crippen molar-refractivity contribution in [3.8, 4) is 0 Å². The average Bonchev–Trinajstić information content (AvgIpc) is 2.63. The molecule has 0 saturated heterocycles. The van der Waals surface area contributed by atoms with E-state index in [1.807, 2.05) is 6.07 Å². The van der Waals surface area contributed by atoms with Gasteiger partial charge in [-0.3, -0.25) is 0 Å². The summed E-state index contributed by atoms with van der Waals surface area (Å²) in [5.74, 6) is 0. The first-order valence-electron chi connectivity index (χ1n) is 5.44. The molecular weight excluding hydrogens is 340 g/mol. The molecule has 0 fully saturated rings. The molecule has 2 aromatic rings. The van der Waals surface area contributed by atoms with Crippen LogP contribution < -0.4 is 0 Å². The Morgan fingerprint density at radius 3 is 2.12 bits per heavy atom. The zero-order valence-electron chi connectivity index (χ0n) is 9.03. The Morgan fingerprint density at radius 2 is 1.41 bits per heavy atom. The van der Waals surface area contributed by atoms with Crippen LogP contribution in [-0.2, 0) is 3.23 Å². The molecular formula is C15H10Br2. The van der Waals surface area contributed by atoms with Crippen molar-refractivity contribution in [1.29, 1.82) is 0 Å². The lowest BCUT2D eigenvalue weighted by atomic mass is 10.0. The molecule has 84 valence electrons. The van der Waals surface area contributed by atoms with Crippen molar-refractivity contribution in [2.45, 2.75) is 3.23 Å². The van der Waals surface area contributed by atoms with E-state index in [0.29, 0.717) is 0 Å². The van der Waals surface area contributed by atoms with Crippen LogP contribution in [0.1, 0.15) is 16.7 Å². The summed E-state index contributed by atoms with van der Waals surface area (Å²) >= 11 is 7.59. The van der Waals surface area contributed by atoms with Gasteiger partial charge in [0.05, 0.1) is 0 Å². The average molecular weight is 350 g/mol. The smallest absolute Gasteiger partial charge is 0.0622 e. The van der Waals surface area contributed by atoms with Crippen molar-refractivity contribution >= 4 is 43.5 Å². The van der Waals surface area contributed by atoms with Crippen LogP contribution in [0.25, 0.3) is 11.6 Å². The molecule has 0 heterocycles. The van der Waals surface area contributed by atoms with Crippen LogP contribution in [-0.4, -0.2) is 0 Å². The zero-order chi connectivity index (χ0) is 11.9. The van der Waals surface area contributed by atoms with E-state index in [4.69, 9.17) is 0 Å². The van der Waals surface area contributed by atoms with Gasteiger partial charge in [-0.05, 0) is 28.3 Å². The molecule has 2 heteroatoms. The molecule has 0 unspecified atom stereocenters. The fourth-order valence-corrected chi connectivity index (χ4v) is 3.59. The van der Waals surface area contributed by atoms with E-state index in [2.05, 4.69) is 86.5 Å². The highest BCUT2D eigenvalue weighted by Gasteiger charge is 2.37. The summed E-state index contributed by atoms with van der Waals surface area (Å²) in [5, 5.41) is 0. The molecule has 3 rings (SSSR count). The molecule has 1 aliphatic carbocycles. The van der Waals surface area contributed by atoms with Crippen molar-refractivity contribution in [3.63, 3.8) is 0 Å². The second kappa shape index (κ2) is 4.11. The van der Waals surface area contributed by atoms with Gasteiger partial charge in [0, 0.05) is 0 Å². The van der Waals surface area contributed by atoms with E-state index in [9.17, 15) is 0 Å². The third-order valence-electron chi connectivity index (χ3n) is 3.02. The van der Waals surface area contributed by atoms with Crippen LogP contribution in [0.3, 0.4) is 0 Å². The molecule has 0 nitrogen and oxygen atoms in total. The molecule has 0 spiro atoms. The lowest BCUT2D eigenvalue weighted by Crippen LogP contribution is -2.07. The lowest BCUT2D eigenvalue weighted by molar-refractivity contribution is 1.24. The summed E-state index contributed by atoms with van der Waals surface area (Å²) in [5.41, 5.74) is 5.01. The van der Waals surface area contributed by atoms with Gasteiger partial charge in [-0.25, -0.2) is 0 Å². The van der Waals surface area contributed by atoms with E-state index in [1.165, 1.54) is 22.3 Å². The van der Waals surface area contributed by atoms with Crippen LogP contribution in [0.2, 0.25) is 0 Å². The Bertz CT molecular complexity index is 583. The van der Waals surface area contributed by atoms with Gasteiger partial charge < -0.3 is 0 Å². The molecule has 1 aliphatic rings. The maximum atomic E-state index is 3.79. The lowest BCUT2D eigenvalue weighted by Gasteiger charge is -2.20. The van der Waals surface area contributed by atoms with Gasteiger partial charge in [0.15, 0.2) is 0 Å². The maximum Gasteiger partial charge on any atom is 0.131 e. The highest BCUT2D eigenvalue weighted by atomic mass is 79.9. The SMILES string of the molecule is BrC1(Br)C(c2ccccc2)=Cc2ccccc21.